The van der Waals surface area contributed by atoms with Gasteiger partial charge in [-0.25, -0.2) is 0 Å². The molecule has 50 valence electrons. The van der Waals surface area contributed by atoms with Crippen LogP contribution in [-0.4, -0.2) is 15.4 Å². The normalized spacial score (nSPS) is 12.7. The van der Waals surface area contributed by atoms with Gasteiger partial charge in [-0.1, -0.05) is 40.6 Å². The molecule has 0 fully saturated rings. The minimum Gasteiger partial charge on any atom is -0.860 e. The summed E-state index contributed by atoms with van der Waals surface area (Å²) in [6.07, 6.45) is 0. The summed E-state index contributed by atoms with van der Waals surface area (Å²) in [6.45, 7) is 10.3. The Morgan fingerprint density at radius 2 is 1.00 bits per heavy atom. The Morgan fingerprint density at radius 3 is 1.00 bits per heavy atom. The maximum atomic E-state index is 11.3. The van der Waals surface area contributed by atoms with Gasteiger partial charge in [0.15, 0.2) is 0 Å². The molecule has 0 aliphatic carbocycles. The fourth-order valence-electron chi connectivity index (χ4n) is 0. The molecule has 0 spiro atoms. The van der Waals surface area contributed by atoms with Crippen LogP contribution in [0.5, 0.6) is 0 Å². The van der Waals surface area contributed by atoms with E-state index in [-0.39, 0.29) is 29.6 Å². The maximum absolute atomic E-state index is 11.3. The van der Waals surface area contributed by atoms with Crippen LogP contribution in [0.2, 0.25) is 32.7 Å². The summed E-state index contributed by atoms with van der Waals surface area (Å²) < 4.78 is 0. The Kier molecular flexibility index (Phi) is 5.34. The largest absolute Gasteiger partial charge is 1.00 e. The van der Waals surface area contributed by atoms with Gasteiger partial charge in [0, 0.05) is 7.59 Å². The van der Waals surface area contributed by atoms with Crippen molar-refractivity contribution in [2.45, 2.75) is 32.7 Å². The van der Waals surface area contributed by atoms with Crippen LogP contribution in [-0.2, 0) is 0 Å². The molecule has 0 heterocycles. The third kappa shape index (κ3) is 4.75. The van der Waals surface area contributed by atoms with Gasteiger partial charge >= 0.3 is 29.6 Å². The van der Waals surface area contributed by atoms with Crippen molar-refractivity contribution in [3.8, 4) is 0 Å². The molecule has 0 radical (unpaired) electrons. The average Bonchev–Trinajstić information content (AvgIpc) is 1.25. The van der Waals surface area contributed by atoms with Crippen molar-refractivity contribution in [2.24, 2.45) is 0 Å². The first-order valence-electron chi connectivity index (χ1n) is 2.95. The summed E-state index contributed by atoms with van der Waals surface area (Å²) in [7, 11) is -3.25. The summed E-state index contributed by atoms with van der Waals surface area (Å²) in [5.74, 6) is 0. The molecule has 0 aromatic heterocycles. The minimum absolute atomic E-state index is 0. The van der Waals surface area contributed by atoms with Gasteiger partial charge in [0.05, 0.1) is 0 Å². The van der Waals surface area contributed by atoms with E-state index in [1.807, 2.05) is 13.1 Å². The van der Waals surface area contributed by atoms with E-state index in [0.29, 0.717) is 0 Å². The molecule has 0 saturated heterocycles. The standard InChI is InChI=1S/C5H15OSi2.Na/c1-7(2,3)8(4,5)6;/h1-5H3;/q-1;+1. The molecule has 0 aliphatic rings. The van der Waals surface area contributed by atoms with Gasteiger partial charge in [0.2, 0.25) is 0 Å². The topological polar surface area (TPSA) is 23.1 Å². The second-order valence-corrected chi connectivity index (χ2v) is 19.4. The van der Waals surface area contributed by atoms with Gasteiger partial charge in [-0.05, 0) is 0 Å². The first kappa shape index (κ1) is 13.0. The van der Waals surface area contributed by atoms with E-state index in [4.69, 9.17) is 0 Å². The smallest absolute Gasteiger partial charge is 0.860 e. The molecule has 1 nitrogen and oxygen atoms in total. The quantitative estimate of drug-likeness (QED) is 0.416. The Balaban J connectivity index is 0. The molecule has 0 bridgehead atoms. The predicted octanol–water partition coefficient (Wildman–Crippen LogP) is -2.03. The molecule has 9 heavy (non-hydrogen) atoms. The predicted molar refractivity (Wildman–Crippen MR) is 40.8 cm³/mol. The molecule has 0 N–H and O–H groups in total. The number of hydrogen-bond acceptors (Lipinski definition) is 1. The Bertz CT molecular complexity index is 69.9. The summed E-state index contributed by atoms with van der Waals surface area (Å²) in [6, 6.07) is 0. The van der Waals surface area contributed by atoms with Gasteiger partial charge < -0.3 is 4.80 Å². The molecular weight excluding hydrogens is 155 g/mol. The second kappa shape index (κ2) is 3.69. The minimum atomic E-state index is -1.97. The fourth-order valence-corrected chi connectivity index (χ4v) is 0. The van der Waals surface area contributed by atoms with Gasteiger partial charge in [0.25, 0.3) is 0 Å². The average molecular weight is 170 g/mol. The van der Waals surface area contributed by atoms with Crippen molar-refractivity contribution in [3.05, 3.63) is 0 Å². The fraction of sp³-hybridized carbons (Fsp3) is 1.00. The molecule has 0 saturated carbocycles. The summed E-state index contributed by atoms with van der Waals surface area (Å²) in [4.78, 5) is 11.3. The maximum Gasteiger partial charge on any atom is 1.00 e. The van der Waals surface area contributed by atoms with Gasteiger partial charge in [-0.3, -0.25) is 0 Å². The van der Waals surface area contributed by atoms with E-state index in [9.17, 15) is 4.80 Å². The molecule has 0 atom stereocenters. The van der Waals surface area contributed by atoms with Crippen LogP contribution >= 0.6 is 0 Å². The Morgan fingerprint density at radius 1 is 0.889 bits per heavy atom. The zero-order chi connectivity index (χ0) is 7.00. The number of rotatable bonds is 1. The number of hydrogen-bond donors (Lipinski definition) is 0. The van der Waals surface area contributed by atoms with Gasteiger partial charge in [-0.2, -0.15) is 0 Å². The first-order valence-corrected chi connectivity index (χ1v) is 10.4. The van der Waals surface area contributed by atoms with E-state index >= 15 is 0 Å². The van der Waals surface area contributed by atoms with Crippen molar-refractivity contribution < 1.29 is 34.4 Å². The van der Waals surface area contributed by atoms with Gasteiger partial charge in [-0.15, -0.1) is 0 Å². The van der Waals surface area contributed by atoms with Crippen molar-refractivity contribution in [1.82, 2.24) is 0 Å². The summed E-state index contributed by atoms with van der Waals surface area (Å²) >= 11 is 0. The van der Waals surface area contributed by atoms with Crippen molar-refractivity contribution >= 4 is 15.4 Å². The SMILES string of the molecule is C[Si](C)(C)[Si](C)(C)[O-].[Na+]. The van der Waals surface area contributed by atoms with Crippen LogP contribution in [0.3, 0.4) is 0 Å². The molecule has 4 heteroatoms. The molecule has 0 aliphatic heterocycles. The molecule has 0 amide bonds. The van der Waals surface area contributed by atoms with E-state index in [0.717, 1.165) is 0 Å². The van der Waals surface area contributed by atoms with E-state index in [1.165, 1.54) is 0 Å². The van der Waals surface area contributed by atoms with Crippen molar-refractivity contribution in [2.75, 3.05) is 0 Å². The molecule has 0 unspecified atom stereocenters. The van der Waals surface area contributed by atoms with Gasteiger partial charge in [0.1, 0.15) is 0 Å². The van der Waals surface area contributed by atoms with E-state index in [2.05, 4.69) is 19.6 Å². The Labute approximate surface area is 82.1 Å². The van der Waals surface area contributed by atoms with Crippen LogP contribution in [0.1, 0.15) is 0 Å². The van der Waals surface area contributed by atoms with Crippen LogP contribution < -0.4 is 34.4 Å². The first-order chi connectivity index (χ1) is 3.25. The second-order valence-electron chi connectivity index (χ2n) is 3.76. The zero-order valence-corrected chi connectivity index (χ0v) is 11.4. The summed E-state index contributed by atoms with van der Waals surface area (Å²) in [5.41, 5.74) is 0. The third-order valence-corrected chi connectivity index (χ3v) is 16.3. The Hall–Kier alpha value is 1.39. The molecular formula is C5H15NaOSi2. The van der Waals surface area contributed by atoms with Crippen LogP contribution in [0.25, 0.3) is 0 Å². The van der Waals surface area contributed by atoms with Crippen LogP contribution in [0.15, 0.2) is 0 Å². The summed E-state index contributed by atoms with van der Waals surface area (Å²) in [5, 5.41) is 0. The molecule has 0 aromatic carbocycles. The molecule has 0 aromatic rings. The zero-order valence-electron chi connectivity index (χ0n) is 7.41. The van der Waals surface area contributed by atoms with E-state index in [1.54, 1.807) is 0 Å². The van der Waals surface area contributed by atoms with Crippen LogP contribution in [0, 0.1) is 0 Å². The molecule has 0 rings (SSSR count). The third-order valence-electron chi connectivity index (χ3n) is 1.81. The van der Waals surface area contributed by atoms with Crippen molar-refractivity contribution in [3.63, 3.8) is 0 Å². The van der Waals surface area contributed by atoms with Crippen LogP contribution in [0.4, 0.5) is 0 Å². The van der Waals surface area contributed by atoms with Crippen molar-refractivity contribution in [1.29, 1.82) is 0 Å². The van der Waals surface area contributed by atoms with E-state index < -0.39 is 15.4 Å². The monoisotopic (exact) mass is 170 g/mol.